The van der Waals surface area contributed by atoms with Crippen LogP contribution in [-0.4, -0.2) is 6.04 Å². The van der Waals surface area contributed by atoms with Crippen LogP contribution >= 0.6 is 0 Å². The molecule has 0 amide bonds. The topological polar surface area (TPSA) is 26.0 Å². The number of benzene rings is 1. The van der Waals surface area contributed by atoms with Gasteiger partial charge in [-0.05, 0) is 31.0 Å². The van der Waals surface area contributed by atoms with Crippen molar-refractivity contribution in [3.05, 3.63) is 41.2 Å². The molecule has 13 heavy (non-hydrogen) atoms. The van der Waals surface area contributed by atoms with Crippen LogP contribution in [0, 0.1) is 12.7 Å². The van der Waals surface area contributed by atoms with Crippen LogP contribution in [0.3, 0.4) is 0 Å². The maximum atomic E-state index is 13.0. The molecule has 1 aromatic rings. The Hall–Kier alpha value is -1.15. The van der Waals surface area contributed by atoms with Crippen LogP contribution in [0.2, 0.25) is 0 Å². The largest absolute Gasteiger partial charge is 0.325 e. The molecular weight excluding hydrogens is 165 g/mol. The first kappa shape index (κ1) is 9.93. The second-order valence-electron chi connectivity index (χ2n) is 3.17. The molecule has 1 atom stereocenters. The summed E-state index contributed by atoms with van der Waals surface area (Å²) in [6, 6.07) is 5.03. The highest BCUT2D eigenvalue weighted by Crippen LogP contribution is 2.13. The van der Waals surface area contributed by atoms with Crippen molar-refractivity contribution >= 4 is 6.08 Å². The van der Waals surface area contributed by atoms with Crippen molar-refractivity contribution in [2.75, 3.05) is 0 Å². The zero-order chi connectivity index (χ0) is 9.84. The van der Waals surface area contributed by atoms with E-state index in [9.17, 15) is 4.39 Å². The van der Waals surface area contributed by atoms with Crippen molar-refractivity contribution in [3.8, 4) is 0 Å². The summed E-state index contributed by atoms with van der Waals surface area (Å²) < 4.78 is 13.0. The normalized spacial score (nSPS) is 13.5. The molecule has 1 rings (SSSR count). The number of halogens is 1. The lowest BCUT2D eigenvalue weighted by atomic mass is 10.1. The Bertz CT molecular complexity index is 316. The van der Waals surface area contributed by atoms with E-state index >= 15 is 0 Å². The van der Waals surface area contributed by atoms with Crippen LogP contribution in [0.25, 0.3) is 6.08 Å². The molecule has 0 aliphatic heterocycles. The van der Waals surface area contributed by atoms with E-state index in [1.807, 2.05) is 25.1 Å². The SMILES string of the molecule is Cc1c(F)cccc1/C=C/C(C)N. The summed E-state index contributed by atoms with van der Waals surface area (Å²) in [7, 11) is 0. The van der Waals surface area contributed by atoms with Gasteiger partial charge in [0.2, 0.25) is 0 Å². The van der Waals surface area contributed by atoms with Gasteiger partial charge >= 0.3 is 0 Å². The number of hydrogen-bond acceptors (Lipinski definition) is 1. The summed E-state index contributed by atoms with van der Waals surface area (Å²) >= 11 is 0. The van der Waals surface area contributed by atoms with E-state index in [2.05, 4.69) is 0 Å². The zero-order valence-corrected chi connectivity index (χ0v) is 7.92. The predicted octanol–water partition coefficient (Wildman–Crippen LogP) is 2.49. The van der Waals surface area contributed by atoms with E-state index in [0.717, 1.165) is 5.56 Å². The highest BCUT2D eigenvalue weighted by molar-refractivity contribution is 5.54. The Labute approximate surface area is 78.1 Å². The summed E-state index contributed by atoms with van der Waals surface area (Å²) in [5.74, 6) is -0.174. The minimum atomic E-state index is -0.174. The molecule has 0 spiro atoms. The second-order valence-corrected chi connectivity index (χ2v) is 3.17. The smallest absolute Gasteiger partial charge is 0.126 e. The Balaban J connectivity index is 2.95. The van der Waals surface area contributed by atoms with Gasteiger partial charge in [0.25, 0.3) is 0 Å². The molecular formula is C11H14FN. The van der Waals surface area contributed by atoms with Gasteiger partial charge in [-0.3, -0.25) is 0 Å². The van der Waals surface area contributed by atoms with Gasteiger partial charge in [0.05, 0.1) is 0 Å². The summed E-state index contributed by atoms with van der Waals surface area (Å²) in [4.78, 5) is 0. The standard InChI is InChI=1S/C11H14FN/c1-8(13)6-7-10-4-3-5-11(12)9(10)2/h3-8H,13H2,1-2H3/b7-6+. The molecule has 2 heteroatoms. The van der Waals surface area contributed by atoms with E-state index in [1.54, 1.807) is 13.0 Å². The van der Waals surface area contributed by atoms with Crippen LogP contribution in [0.1, 0.15) is 18.1 Å². The minimum Gasteiger partial charge on any atom is -0.325 e. The van der Waals surface area contributed by atoms with Crippen molar-refractivity contribution < 1.29 is 4.39 Å². The van der Waals surface area contributed by atoms with Gasteiger partial charge in [-0.1, -0.05) is 24.3 Å². The van der Waals surface area contributed by atoms with Crippen LogP contribution < -0.4 is 5.73 Å². The number of nitrogens with two attached hydrogens (primary N) is 1. The fraction of sp³-hybridized carbons (Fsp3) is 0.273. The van der Waals surface area contributed by atoms with Gasteiger partial charge in [0, 0.05) is 6.04 Å². The third-order valence-electron chi connectivity index (χ3n) is 1.89. The molecule has 1 nitrogen and oxygen atoms in total. The Morgan fingerprint density at radius 3 is 2.77 bits per heavy atom. The van der Waals surface area contributed by atoms with Gasteiger partial charge in [-0.15, -0.1) is 0 Å². The summed E-state index contributed by atoms with van der Waals surface area (Å²) in [5.41, 5.74) is 7.10. The van der Waals surface area contributed by atoms with Gasteiger partial charge in [0.1, 0.15) is 5.82 Å². The zero-order valence-electron chi connectivity index (χ0n) is 7.92. The molecule has 70 valence electrons. The highest BCUT2D eigenvalue weighted by Gasteiger charge is 1.99. The monoisotopic (exact) mass is 179 g/mol. The first-order chi connectivity index (χ1) is 6.11. The third-order valence-corrected chi connectivity index (χ3v) is 1.89. The quantitative estimate of drug-likeness (QED) is 0.741. The van der Waals surface area contributed by atoms with E-state index in [-0.39, 0.29) is 11.9 Å². The van der Waals surface area contributed by atoms with Crippen molar-refractivity contribution in [1.82, 2.24) is 0 Å². The third kappa shape index (κ3) is 2.67. The van der Waals surface area contributed by atoms with E-state index in [4.69, 9.17) is 5.73 Å². The molecule has 1 unspecified atom stereocenters. The average molecular weight is 179 g/mol. The molecule has 0 radical (unpaired) electrons. The Morgan fingerprint density at radius 1 is 1.46 bits per heavy atom. The second kappa shape index (κ2) is 4.19. The van der Waals surface area contributed by atoms with Crippen molar-refractivity contribution in [2.45, 2.75) is 19.9 Å². The average Bonchev–Trinajstić information content (AvgIpc) is 2.07. The summed E-state index contributed by atoms with van der Waals surface area (Å²) in [5, 5.41) is 0. The molecule has 2 N–H and O–H groups in total. The molecule has 0 heterocycles. The Morgan fingerprint density at radius 2 is 2.15 bits per heavy atom. The first-order valence-electron chi connectivity index (χ1n) is 4.30. The number of rotatable bonds is 2. The lowest BCUT2D eigenvalue weighted by Crippen LogP contribution is -2.09. The van der Waals surface area contributed by atoms with E-state index < -0.39 is 0 Å². The van der Waals surface area contributed by atoms with Gasteiger partial charge in [-0.2, -0.15) is 0 Å². The predicted molar refractivity (Wildman–Crippen MR) is 53.8 cm³/mol. The fourth-order valence-electron chi connectivity index (χ4n) is 1.06. The van der Waals surface area contributed by atoms with E-state index in [1.165, 1.54) is 6.07 Å². The summed E-state index contributed by atoms with van der Waals surface area (Å²) in [6.45, 7) is 3.64. The molecule has 0 fully saturated rings. The highest BCUT2D eigenvalue weighted by atomic mass is 19.1. The van der Waals surface area contributed by atoms with Crippen molar-refractivity contribution in [2.24, 2.45) is 5.73 Å². The van der Waals surface area contributed by atoms with Crippen molar-refractivity contribution in [3.63, 3.8) is 0 Å². The molecule has 0 bridgehead atoms. The van der Waals surface area contributed by atoms with Crippen LogP contribution in [0.4, 0.5) is 4.39 Å². The van der Waals surface area contributed by atoms with Crippen LogP contribution in [-0.2, 0) is 0 Å². The lowest BCUT2D eigenvalue weighted by molar-refractivity contribution is 0.618. The summed E-state index contributed by atoms with van der Waals surface area (Å²) in [6.07, 6.45) is 3.70. The first-order valence-corrected chi connectivity index (χ1v) is 4.30. The maximum Gasteiger partial charge on any atom is 0.126 e. The molecule has 0 aliphatic carbocycles. The molecule has 0 aliphatic rings. The minimum absolute atomic E-state index is 0.00247. The Kier molecular flexibility index (Phi) is 3.20. The van der Waals surface area contributed by atoms with Gasteiger partial charge in [-0.25, -0.2) is 4.39 Å². The number of hydrogen-bond donors (Lipinski definition) is 1. The molecule has 0 saturated heterocycles. The van der Waals surface area contributed by atoms with Gasteiger partial charge in [0.15, 0.2) is 0 Å². The molecule has 0 saturated carbocycles. The van der Waals surface area contributed by atoms with Gasteiger partial charge < -0.3 is 5.73 Å². The van der Waals surface area contributed by atoms with Crippen LogP contribution in [0.15, 0.2) is 24.3 Å². The maximum absolute atomic E-state index is 13.0. The lowest BCUT2D eigenvalue weighted by Gasteiger charge is -2.01. The van der Waals surface area contributed by atoms with E-state index in [0.29, 0.717) is 5.56 Å². The van der Waals surface area contributed by atoms with Crippen molar-refractivity contribution in [1.29, 1.82) is 0 Å². The molecule has 0 aromatic heterocycles. The fourth-order valence-corrected chi connectivity index (χ4v) is 1.06. The molecule has 1 aromatic carbocycles. The van der Waals surface area contributed by atoms with Crippen LogP contribution in [0.5, 0.6) is 0 Å².